The van der Waals surface area contributed by atoms with Crippen LogP contribution in [-0.2, 0) is 17.8 Å². The third-order valence-corrected chi connectivity index (χ3v) is 3.70. The fraction of sp³-hybridized carbons (Fsp3) is 0.235. The number of pyridine rings is 2. The fourth-order valence-corrected chi connectivity index (χ4v) is 2.24. The van der Waals surface area contributed by atoms with Crippen LogP contribution < -0.4 is 5.32 Å². The lowest BCUT2D eigenvalue weighted by Crippen LogP contribution is -2.36. The molecule has 0 radical (unpaired) electrons. The Morgan fingerprint density at radius 2 is 1.43 bits per heavy atom. The molecule has 1 amide bonds. The molecule has 0 aromatic carbocycles. The van der Waals surface area contributed by atoms with Crippen LogP contribution in [0, 0.1) is 0 Å². The standard InChI is InChI=1S/C17H14F3N7O/c1-2-10-3-5-21-12(7-10)14-24-26-15(27-25-14)13-8-11(4-6-22-13)9-23-16(28)17(18,19)20/h3-8H,2,9H2,1H3,(H,23,28). The molecular weight excluding hydrogens is 375 g/mol. The molecule has 3 rings (SSSR count). The number of carbonyl (C=O) groups is 1. The van der Waals surface area contributed by atoms with Crippen molar-refractivity contribution in [3.8, 4) is 23.0 Å². The number of aryl methyl sites for hydroxylation is 1. The first kappa shape index (κ1) is 19.3. The summed E-state index contributed by atoms with van der Waals surface area (Å²) < 4.78 is 36.8. The van der Waals surface area contributed by atoms with Gasteiger partial charge in [-0.05, 0) is 41.8 Å². The molecule has 1 N–H and O–H groups in total. The summed E-state index contributed by atoms with van der Waals surface area (Å²) in [6, 6.07) is 6.63. The van der Waals surface area contributed by atoms with Gasteiger partial charge in [-0.2, -0.15) is 13.2 Å². The van der Waals surface area contributed by atoms with Crippen molar-refractivity contribution in [1.82, 2.24) is 35.7 Å². The van der Waals surface area contributed by atoms with Crippen molar-refractivity contribution in [1.29, 1.82) is 0 Å². The summed E-state index contributed by atoms with van der Waals surface area (Å²) in [5.41, 5.74) is 2.25. The Kier molecular flexibility index (Phi) is 5.52. The second kappa shape index (κ2) is 8.03. The number of hydrogen-bond acceptors (Lipinski definition) is 7. The molecule has 28 heavy (non-hydrogen) atoms. The molecule has 3 aromatic heterocycles. The average molecular weight is 389 g/mol. The van der Waals surface area contributed by atoms with Crippen molar-refractivity contribution in [2.24, 2.45) is 0 Å². The second-order valence-corrected chi connectivity index (χ2v) is 5.68. The largest absolute Gasteiger partial charge is 0.471 e. The zero-order valence-corrected chi connectivity index (χ0v) is 14.6. The summed E-state index contributed by atoms with van der Waals surface area (Å²) in [5, 5.41) is 17.7. The summed E-state index contributed by atoms with van der Waals surface area (Å²) in [6.45, 7) is 1.69. The van der Waals surface area contributed by atoms with Crippen LogP contribution in [0.2, 0.25) is 0 Å². The Morgan fingerprint density at radius 3 is 1.93 bits per heavy atom. The molecule has 0 fully saturated rings. The Balaban J connectivity index is 1.76. The van der Waals surface area contributed by atoms with Crippen LogP contribution >= 0.6 is 0 Å². The molecule has 0 saturated carbocycles. The maximum absolute atomic E-state index is 12.3. The monoisotopic (exact) mass is 389 g/mol. The van der Waals surface area contributed by atoms with Crippen molar-refractivity contribution >= 4 is 5.91 Å². The van der Waals surface area contributed by atoms with Gasteiger partial charge in [0.1, 0.15) is 11.4 Å². The van der Waals surface area contributed by atoms with Crippen molar-refractivity contribution < 1.29 is 18.0 Å². The lowest BCUT2D eigenvalue weighted by atomic mass is 10.2. The minimum Gasteiger partial charge on any atom is -0.344 e. The molecule has 0 saturated heterocycles. The molecule has 0 atom stereocenters. The molecule has 144 valence electrons. The van der Waals surface area contributed by atoms with Gasteiger partial charge < -0.3 is 5.32 Å². The number of hydrogen-bond donors (Lipinski definition) is 1. The van der Waals surface area contributed by atoms with E-state index in [9.17, 15) is 18.0 Å². The second-order valence-electron chi connectivity index (χ2n) is 5.68. The van der Waals surface area contributed by atoms with Gasteiger partial charge in [0.2, 0.25) is 11.6 Å². The number of rotatable bonds is 5. The summed E-state index contributed by atoms with van der Waals surface area (Å²) in [6.07, 6.45) is -1.10. The van der Waals surface area contributed by atoms with E-state index in [-0.39, 0.29) is 23.9 Å². The van der Waals surface area contributed by atoms with Crippen molar-refractivity contribution in [3.05, 3.63) is 47.8 Å². The number of amides is 1. The van der Waals surface area contributed by atoms with Gasteiger partial charge in [0, 0.05) is 18.9 Å². The summed E-state index contributed by atoms with van der Waals surface area (Å²) in [7, 11) is 0. The van der Waals surface area contributed by atoms with E-state index in [0.29, 0.717) is 11.3 Å². The summed E-state index contributed by atoms with van der Waals surface area (Å²) >= 11 is 0. The normalized spacial score (nSPS) is 11.3. The van der Waals surface area contributed by atoms with E-state index in [1.807, 2.05) is 19.1 Å². The highest BCUT2D eigenvalue weighted by Gasteiger charge is 2.38. The zero-order valence-electron chi connectivity index (χ0n) is 14.6. The Morgan fingerprint density at radius 1 is 0.929 bits per heavy atom. The molecule has 0 unspecified atom stereocenters. The van der Waals surface area contributed by atoms with Gasteiger partial charge in [-0.15, -0.1) is 20.4 Å². The van der Waals surface area contributed by atoms with E-state index in [0.717, 1.165) is 12.0 Å². The van der Waals surface area contributed by atoms with Crippen molar-refractivity contribution in [3.63, 3.8) is 0 Å². The van der Waals surface area contributed by atoms with Gasteiger partial charge in [-0.3, -0.25) is 14.8 Å². The summed E-state index contributed by atoms with van der Waals surface area (Å²) in [5.74, 6) is -1.68. The van der Waals surface area contributed by atoms with E-state index in [1.165, 1.54) is 18.3 Å². The van der Waals surface area contributed by atoms with Gasteiger partial charge in [-0.1, -0.05) is 6.92 Å². The molecule has 3 heterocycles. The van der Waals surface area contributed by atoms with E-state index >= 15 is 0 Å². The minimum atomic E-state index is -4.94. The Labute approximate surface area is 157 Å². The van der Waals surface area contributed by atoms with Crippen molar-refractivity contribution in [2.75, 3.05) is 0 Å². The van der Waals surface area contributed by atoms with Crippen molar-refractivity contribution in [2.45, 2.75) is 26.1 Å². The van der Waals surface area contributed by atoms with E-state index in [1.54, 1.807) is 11.5 Å². The Hall–Kier alpha value is -3.50. The zero-order chi connectivity index (χ0) is 20.1. The van der Waals surface area contributed by atoms with Crippen LogP contribution in [0.5, 0.6) is 0 Å². The molecule has 0 aliphatic heterocycles. The van der Waals surface area contributed by atoms with Gasteiger partial charge in [0.25, 0.3) is 0 Å². The fourth-order valence-electron chi connectivity index (χ4n) is 2.24. The van der Waals surface area contributed by atoms with E-state index in [2.05, 4.69) is 30.4 Å². The van der Waals surface area contributed by atoms with Crippen LogP contribution in [0.3, 0.4) is 0 Å². The SMILES string of the molecule is CCc1ccnc(-c2nnc(-c3cc(CNC(=O)C(F)(F)F)ccn3)nn2)c1. The number of nitrogens with one attached hydrogen (secondary N) is 1. The quantitative estimate of drug-likeness (QED) is 0.712. The molecule has 3 aromatic rings. The molecule has 0 aliphatic carbocycles. The van der Waals surface area contributed by atoms with Crippen LogP contribution in [0.1, 0.15) is 18.1 Å². The third kappa shape index (κ3) is 4.61. The van der Waals surface area contributed by atoms with Crippen LogP contribution in [0.15, 0.2) is 36.7 Å². The number of aromatic nitrogens is 6. The molecule has 8 nitrogen and oxygen atoms in total. The Bertz CT molecular complexity index is 977. The number of alkyl halides is 3. The van der Waals surface area contributed by atoms with Crippen LogP contribution in [-0.4, -0.2) is 42.4 Å². The summed E-state index contributed by atoms with van der Waals surface area (Å²) in [4.78, 5) is 19.2. The lowest BCUT2D eigenvalue weighted by molar-refractivity contribution is -0.173. The molecular formula is C17H14F3N7O. The molecule has 0 bridgehead atoms. The number of carbonyl (C=O) groups excluding carboxylic acids is 1. The van der Waals surface area contributed by atoms with E-state index in [4.69, 9.17) is 0 Å². The highest BCUT2D eigenvalue weighted by atomic mass is 19.4. The third-order valence-electron chi connectivity index (χ3n) is 3.70. The minimum absolute atomic E-state index is 0.0967. The van der Waals surface area contributed by atoms with Gasteiger partial charge in [0.05, 0.1) is 0 Å². The predicted molar refractivity (Wildman–Crippen MR) is 91.4 cm³/mol. The maximum atomic E-state index is 12.3. The molecule has 0 aliphatic rings. The average Bonchev–Trinajstić information content (AvgIpc) is 2.71. The van der Waals surface area contributed by atoms with Crippen LogP contribution in [0.4, 0.5) is 13.2 Å². The smallest absolute Gasteiger partial charge is 0.344 e. The number of nitrogens with zero attached hydrogens (tertiary/aromatic N) is 6. The molecule has 11 heteroatoms. The number of halogens is 3. The first-order valence-corrected chi connectivity index (χ1v) is 8.20. The highest BCUT2D eigenvalue weighted by molar-refractivity contribution is 5.81. The highest BCUT2D eigenvalue weighted by Crippen LogP contribution is 2.17. The van der Waals surface area contributed by atoms with Gasteiger partial charge >= 0.3 is 12.1 Å². The van der Waals surface area contributed by atoms with Gasteiger partial charge in [0.15, 0.2) is 0 Å². The van der Waals surface area contributed by atoms with Crippen LogP contribution in [0.25, 0.3) is 23.0 Å². The first-order chi connectivity index (χ1) is 13.4. The molecule has 0 spiro atoms. The first-order valence-electron chi connectivity index (χ1n) is 8.20. The maximum Gasteiger partial charge on any atom is 0.471 e. The van der Waals surface area contributed by atoms with Gasteiger partial charge in [-0.25, -0.2) is 0 Å². The van der Waals surface area contributed by atoms with E-state index < -0.39 is 12.1 Å². The topological polar surface area (TPSA) is 106 Å². The predicted octanol–water partition coefficient (Wildman–Crippen LogP) is 2.13. The lowest BCUT2D eigenvalue weighted by Gasteiger charge is -2.08.